The first-order chi connectivity index (χ1) is 12.9. The second-order valence-electron chi connectivity index (χ2n) is 6.30. The SMILES string of the molecule is COc1cccc(CCNC(=O)Nc2c(Br)cc(C(C)C)cc2Br)c1OC. The summed E-state index contributed by atoms with van der Waals surface area (Å²) in [6.07, 6.45) is 0.627. The molecule has 27 heavy (non-hydrogen) atoms. The van der Waals surface area contributed by atoms with Crippen LogP contribution in [0.25, 0.3) is 0 Å². The van der Waals surface area contributed by atoms with Crippen LogP contribution >= 0.6 is 31.9 Å². The molecule has 0 aliphatic carbocycles. The summed E-state index contributed by atoms with van der Waals surface area (Å²) < 4.78 is 12.4. The monoisotopic (exact) mass is 498 g/mol. The molecule has 0 unspecified atom stereocenters. The molecule has 0 saturated heterocycles. The smallest absolute Gasteiger partial charge is 0.319 e. The van der Waals surface area contributed by atoms with Gasteiger partial charge in [0, 0.05) is 15.5 Å². The van der Waals surface area contributed by atoms with Crippen molar-refractivity contribution in [1.82, 2.24) is 5.32 Å². The van der Waals surface area contributed by atoms with Crippen molar-refractivity contribution in [3.63, 3.8) is 0 Å². The average molecular weight is 500 g/mol. The van der Waals surface area contributed by atoms with E-state index < -0.39 is 0 Å². The number of rotatable bonds is 7. The van der Waals surface area contributed by atoms with Crippen molar-refractivity contribution in [2.45, 2.75) is 26.2 Å². The number of hydrogen-bond acceptors (Lipinski definition) is 3. The van der Waals surface area contributed by atoms with Gasteiger partial charge in [-0.3, -0.25) is 0 Å². The number of carbonyl (C=O) groups excluding carboxylic acids is 1. The third-order valence-electron chi connectivity index (χ3n) is 4.13. The third-order valence-corrected chi connectivity index (χ3v) is 5.38. The Bertz CT molecular complexity index is 787. The van der Waals surface area contributed by atoms with Gasteiger partial charge in [0.1, 0.15) is 0 Å². The minimum absolute atomic E-state index is 0.268. The lowest BCUT2D eigenvalue weighted by Gasteiger charge is -2.15. The van der Waals surface area contributed by atoms with Gasteiger partial charge in [0.05, 0.1) is 19.9 Å². The van der Waals surface area contributed by atoms with Crippen LogP contribution in [-0.4, -0.2) is 26.8 Å². The number of amides is 2. The van der Waals surface area contributed by atoms with E-state index >= 15 is 0 Å². The van der Waals surface area contributed by atoms with Crippen LogP contribution in [0.2, 0.25) is 0 Å². The van der Waals surface area contributed by atoms with Gasteiger partial charge in [-0.1, -0.05) is 26.0 Å². The summed E-state index contributed by atoms with van der Waals surface area (Å²) in [4.78, 5) is 12.3. The molecule has 0 aromatic heterocycles. The fraction of sp³-hybridized carbons (Fsp3) is 0.350. The van der Waals surface area contributed by atoms with E-state index in [1.165, 1.54) is 5.56 Å². The van der Waals surface area contributed by atoms with Crippen molar-refractivity contribution in [3.05, 3.63) is 50.4 Å². The molecule has 0 bridgehead atoms. The molecule has 0 fully saturated rings. The first-order valence-corrected chi connectivity index (χ1v) is 10.2. The van der Waals surface area contributed by atoms with Crippen LogP contribution in [0.5, 0.6) is 11.5 Å². The zero-order valence-electron chi connectivity index (χ0n) is 15.9. The van der Waals surface area contributed by atoms with Crippen molar-refractivity contribution in [2.24, 2.45) is 0 Å². The first-order valence-electron chi connectivity index (χ1n) is 8.61. The molecule has 2 rings (SSSR count). The molecule has 5 nitrogen and oxygen atoms in total. The van der Waals surface area contributed by atoms with Crippen molar-refractivity contribution < 1.29 is 14.3 Å². The van der Waals surface area contributed by atoms with E-state index in [1.807, 2.05) is 30.3 Å². The normalized spacial score (nSPS) is 10.6. The van der Waals surface area contributed by atoms with Gasteiger partial charge in [0.15, 0.2) is 11.5 Å². The summed E-state index contributed by atoms with van der Waals surface area (Å²) in [6.45, 7) is 4.72. The second-order valence-corrected chi connectivity index (χ2v) is 8.01. The van der Waals surface area contributed by atoms with Crippen LogP contribution < -0.4 is 20.1 Å². The second kappa shape index (κ2) is 9.99. The number of urea groups is 1. The maximum absolute atomic E-state index is 12.3. The maximum atomic E-state index is 12.3. The van der Waals surface area contributed by atoms with Gasteiger partial charge in [-0.2, -0.15) is 0 Å². The Morgan fingerprint density at radius 1 is 1.11 bits per heavy atom. The van der Waals surface area contributed by atoms with E-state index in [4.69, 9.17) is 9.47 Å². The number of carbonyl (C=O) groups is 1. The quantitative estimate of drug-likeness (QED) is 0.512. The van der Waals surface area contributed by atoms with Crippen molar-refractivity contribution in [2.75, 3.05) is 26.1 Å². The summed E-state index contributed by atoms with van der Waals surface area (Å²) in [5.74, 6) is 1.77. The van der Waals surface area contributed by atoms with Crippen molar-refractivity contribution in [1.29, 1.82) is 0 Å². The van der Waals surface area contributed by atoms with E-state index in [0.717, 1.165) is 14.5 Å². The molecular formula is C20H24Br2N2O3. The zero-order valence-corrected chi connectivity index (χ0v) is 19.0. The fourth-order valence-electron chi connectivity index (χ4n) is 2.66. The van der Waals surface area contributed by atoms with E-state index in [-0.39, 0.29) is 6.03 Å². The minimum Gasteiger partial charge on any atom is -0.493 e. The topological polar surface area (TPSA) is 59.6 Å². The number of anilines is 1. The van der Waals surface area contributed by atoms with Crippen LogP contribution in [0.4, 0.5) is 10.5 Å². The summed E-state index contributed by atoms with van der Waals surface area (Å²) >= 11 is 7.06. The molecule has 0 aliphatic rings. The Morgan fingerprint density at radius 3 is 2.33 bits per heavy atom. The Hall–Kier alpha value is -1.73. The number of ether oxygens (including phenoxy) is 2. The largest absolute Gasteiger partial charge is 0.493 e. The molecule has 2 N–H and O–H groups in total. The highest BCUT2D eigenvalue weighted by Crippen LogP contribution is 2.34. The molecule has 146 valence electrons. The molecule has 0 atom stereocenters. The van der Waals surface area contributed by atoms with Gasteiger partial charge in [-0.05, 0) is 73.5 Å². The fourth-order valence-corrected chi connectivity index (χ4v) is 4.08. The standard InChI is InChI=1S/C20H24Br2N2O3/c1-12(2)14-10-15(21)18(16(22)11-14)24-20(25)23-9-8-13-6-5-7-17(26-3)19(13)27-4/h5-7,10-12H,8-9H2,1-4H3,(H2,23,24,25). The van der Waals surface area contributed by atoms with E-state index in [1.54, 1.807) is 14.2 Å². The van der Waals surface area contributed by atoms with Crippen LogP contribution in [0, 0.1) is 0 Å². The van der Waals surface area contributed by atoms with Crippen molar-refractivity contribution >= 4 is 43.6 Å². The molecule has 0 radical (unpaired) electrons. The Balaban J connectivity index is 1.98. The van der Waals surface area contributed by atoms with Gasteiger partial charge < -0.3 is 20.1 Å². The molecule has 2 aromatic rings. The summed E-state index contributed by atoms with van der Waals surface area (Å²) in [5, 5.41) is 5.75. The molecule has 0 spiro atoms. The third kappa shape index (κ3) is 5.62. The predicted octanol–water partition coefficient (Wildman–Crippen LogP) is 5.72. The summed E-state index contributed by atoms with van der Waals surface area (Å²) in [5.41, 5.74) is 2.86. The van der Waals surface area contributed by atoms with Crippen molar-refractivity contribution in [3.8, 4) is 11.5 Å². The number of para-hydroxylation sites is 1. The van der Waals surface area contributed by atoms with E-state index in [0.29, 0.717) is 36.1 Å². The Kier molecular flexibility index (Phi) is 7.98. The maximum Gasteiger partial charge on any atom is 0.319 e. The van der Waals surface area contributed by atoms with Crippen LogP contribution in [0.15, 0.2) is 39.3 Å². The van der Waals surface area contributed by atoms with Gasteiger partial charge in [0.2, 0.25) is 0 Å². The Morgan fingerprint density at radius 2 is 1.78 bits per heavy atom. The van der Waals surface area contributed by atoms with Gasteiger partial charge in [-0.15, -0.1) is 0 Å². The highest BCUT2D eigenvalue weighted by molar-refractivity contribution is 9.11. The summed E-state index contributed by atoms with van der Waals surface area (Å²) in [7, 11) is 3.21. The number of hydrogen-bond donors (Lipinski definition) is 2. The van der Waals surface area contributed by atoms with E-state index in [9.17, 15) is 4.79 Å². The highest BCUT2D eigenvalue weighted by Gasteiger charge is 2.13. The van der Waals surface area contributed by atoms with Crippen LogP contribution in [0.1, 0.15) is 30.9 Å². The first kappa shape index (κ1) is 21.6. The molecular weight excluding hydrogens is 476 g/mol. The average Bonchev–Trinajstić information content (AvgIpc) is 2.64. The molecule has 0 heterocycles. The number of nitrogens with one attached hydrogen (secondary N) is 2. The van der Waals surface area contributed by atoms with Crippen LogP contribution in [0.3, 0.4) is 0 Å². The van der Waals surface area contributed by atoms with E-state index in [2.05, 4.69) is 56.3 Å². The summed E-state index contributed by atoms with van der Waals surface area (Å²) in [6, 6.07) is 9.48. The van der Waals surface area contributed by atoms with Gasteiger partial charge >= 0.3 is 6.03 Å². The molecule has 0 aliphatic heterocycles. The minimum atomic E-state index is -0.268. The lowest BCUT2D eigenvalue weighted by molar-refractivity contribution is 0.252. The molecule has 2 aromatic carbocycles. The highest BCUT2D eigenvalue weighted by atomic mass is 79.9. The van der Waals surface area contributed by atoms with Crippen LogP contribution in [-0.2, 0) is 6.42 Å². The number of benzene rings is 2. The molecule has 0 saturated carbocycles. The predicted molar refractivity (Wildman–Crippen MR) is 116 cm³/mol. The van der Waals surface area contributed by atoms with Gasteiger partial charge in [-0.25, -0.2) is 4.79 Å². The molecule has 7 heteroatoms. The number of halogens is 2. The lowest BCUT2D eigenvalue weighted by Crippen LogP contribution is -2.30. The lowest BCUT2D eigenvalue weighted by atomic mass is 10.0. The van der Waals surface area contributed by atoms with Gasteiger partial charge in [0.25, 0.3) is 0 Å². The zero-order chi connectivity index (χ0) is 20.0. The molecule has 2 amide bonds. The number of methoxy groups -OCH3 is 2. The Labute approximate surface area is 177 Å².